The minimum atomic E-state index is -0.395. The van der Waals surface area contributed by atoms with Crippen LogP contribution in [0.2, 0.25) is 5.02 Å². The fraction of sp³-hybridized carbons (Fsp3) is 0.588. The number of aromatic nitrogens is 1. The van der Waals surface area contributed by atoms with E-state index in [1.54, 1.807) is 0 Å². The quantitative estimate of drug-likeness (QED) is 0.903. The standard InChI is InChI=1S/C17H22ClN3O3/c1-2-6-21-14-5-7-20(10-11(14)3-4-15(21)22)17(24)12-8-13(18)16(23)19-9-12/h8-9,11,14H,2-7,10H2,1H3,(H,19,23)/t11-,14+/m0/s1. The lowest BCUT2D eigenvalue weighted by molar-refractivity contribution is -0.140. The van der Waals surface area contributed by atoms with Gasteiger partial charge in [-0.3, -0.25) is 14.4 Å². The van der Waals surface area contributed by atoms with Crippen LogP contribution in [0.4, 0.5) is 0 Å². The summed E-state index contributed by atoms with van der Waals surface area (Å²) in [5.74, 6) is 0.445. The Morgan fingerprint density at radius 2 is 2.17 bits per heavy atom. The Balaban J connectivity index is 1.72. The van der Waals surface area contributed by atoms with Crippen molar-refractivity contribution in [3.8, 4) is 0 Å². The smallest absolute Gasteiger partial charge is 0.266 e. The molecule has 7 heteroatoms. The van der Waals surface area contributed by atoms with Gasteiger partial charge in [-0.25, -0.2) is 0 Å². The molecule has 3 rings (SSSR count). The largest absolute Gasteiger partial charge is 0.339 e. The lowest BCUT2D eigenvalue weighted by Crippen LogP contribution is -2.57. The molecule has 24 heavy (non-hydrogen) atoms. The maximum atomic E-state index is 12.7. The molecule has 1 aromatic rings. The first kappa shape index (κ1) is 17.0. The van der Waals surface area contributed by atoms with E-state index in [4.69, 9.17) is 11.6 Å². The number of halogens is 1. The van der Waals surface area contributed by atoms with Crippen LogP contribution in [0.15, 0.2) is 17.1 Å². The van der Waals surface area contributed by atoms with Gasteiger partial charge in [0.1, 0.15) is 5.02 Å². The summed E-state index contributed by atoms with van der Waals surface area (Å²) in [6, 6.07) is 1.66. The van der Waals surface area contributed by atoms with Gasteiger partial charge in [0.05, 0.1) is 5.56 Å². The summed E-state index contributed by atoms with van der Waals surface area (Å²) in [7, 11) is 0. The van der Waals surface area contributed by atoms with Gasteiger partial charge in [0.2, 0.25) is 5.91 Å². The molecule has 3 heterocycles. The number of nitrogens with zero attached hydrogens (tertiary/aromatic N) is 2. The van der Waals surface area contributed by atoms with Crippen molar-refractivity contribution in [3.63, 3.8) is 0 Å². The van der Waals surface area contributed by atoms with Crippen molar-refractivity contribution in [2.45, 2.75) is 38.6 Å². The SMILES string of the molecule is CCCN1C(=O)CC[C@H]2CN(C(=O)c3c[nH]c(=O)c(Cl)c3)CC[C@H]21. The molecule has 6 nitrogen and oxygen atoms in total. The summed E-state index contributed by atoms with van der Waals surface area (Å²) in [6.07, 6.45) is 4.57. The minimum absolute atomic E-state index is 0.0214. The third-order valence-corrected chi connectivity index (χ3v) is 5.28. The number of likely N-dealkylation sites (tertiary alicyclic amines) is 2. The molecule has 0 spiro atoms. The van der Waals surface area contributed by atoms with Crippen LogP contribution in [0.25, 0.3) is 0 Å². The summed E-state index contributed by atoms with van der Waals surface area (Å²) in [4.78, 5) is 42.5. The summed E-state index contributed by atoms with van der Waals surface area (Å²) in [5.41, 5.74) is 0.00303. The summed E-state index contributed by atoms with van der Waals surface area (Å²) in [6.45, 7) is 4.14. The first-order chi connectivity index (χ1) is 11.5. The molecule has 2 fully saturated rings. The van der Waals surface area contributed by atoms with Gasteiger partial charge in [-0.05, 0) is 31.2 Å². The van der Waals surface area contributed by atoms with E-state index in [1.165, 1.54) is 12.3 Å². The van der Waals surface area contributed by atoms with Crippen molar-refractivity contribution in [1.29, 1.82) is 0 Å². The van der Waals surface area contributed by atoms with Crippen LogP contribution in [0, 0.1) is 5.92 Å². The van der Waals surface area contributed by atoms with Gasteiger partial charge < -0.3 is 14.8 Å². The van der Waals surface area contributed by atoms with E-state index in [2.05, 4.69) is 11.9 Å². The molecule has 0 bridgehead atoms. The van der Waals surface area contributed by atoms with E-state index in [-0.39, 0.29) is 22.9 Å². The van der Waals surface area contributed by atoms with E-state index in [0.717, 1.165) is 25.8 Å². The van der Waals surface area contributed by atoms with E-state index in [1.807, 2.05) is 9.80 Å². The van der Waals surface area contributed by atoms with Crippen molar-refractivity contribution in [2.24, 2.45) is 5.92 Å². The molecule has 2 aliphatic heterocycles. The molecule has 0 unspecified atom stereocenters. The van der Waals surface area contributed by atoms with Crippen LogP contribution in [0.1, 0.15) is 43.0 Å². The Labute approximate surface area is 145 Å². The van der Waals surface area contributed by atoms with Gasteiger partial charge in [0, 0.05) is 38.3 Å². The normalized spacial score (nSPS) is 24.0. The third-order valence-electron chi connectivity index (χ3n) is 5.00. The van der Waals surface area contributed by atoms with Gasteiger partial charge in [0.25, 0.3) is 11.5 Å². The highest BCUT2D eigenvalue weighted by molar-refractivity contribution is 6.30. The highest BCUT2D eigenvalue weighted by Gasteiger charge is 2.40. The zero-order chi connectivity index (χ0) is 17.3. The fourth-order valence-corrected chi connectivity index (χ4v) is 4.00. The highest BCUT2D eigenvalue weighted by atomic mass is 35.5. The molecular formula is C17H22ClN3O3. The second-order valence-electron chi connectivity index (χ2n) is 6.56. The van der Waals surface area contributed by atoms with E-state index in [0.29, 0.717) is 31.0 Å². The first-order valence-electron chi connectivity index (χ1n) is 8.48. The second kappa shape index (κ2) is 6.97. The number of pyridine rings is 1. The molecule has 130 valence electrons. The average Bonchev–Trinajstić information content (AvgIpc) is 2.59. The van der Waals surface area contributed by atoms with Gasteiger partial charge >= 0.3 is 0 Å². The fourth-order valence-electron chi connectivity index (χ4n) is 3.83. The Kier molecular flexibility index (Phi) is 4.94. The Bertz CT molecular complexity index is 703. The summed E-state index contributed by atoms with van der Waals surface area (Å²) in [5, 5.41) is 0.0214. The number of carbonyl (C=O) groups excluding carboxylic acids is 2. The molecular weight excluding hydrogens is 330 g/mol. The van der Waals surface area contributed by atoms with Crippen LogP contribution in [-0.4, -0.2) is 52.3 Å². The van der Waals surface area contributed by atoms with Crippen LogP contribution in [0.3, 0.4) is 0 Å². The van der Waals surface area contributed by atoms with E-state index >= 15 is 0 Å². The van der Waals surface area contributed by atoms with E-state index in [9.17, 15) is 14.4 Å². The van der Waals surface area contributed by atoms with Crippen LogP contribution in [-0.2, 0) is 4.79 Å². The lowest BCUT2D eigenvalue weighted by atomic mass is 9.83. The molecule has 0 aliphatic carbocycles. The maximum absolute atomic E-state index is 12.7. The van der Waals surface area contributed by atoms with Crippen LogP contribution in [0.5, 0.6) is 0 Å². The van der Waals surface area contributed by atoms with Crippen molar-refractivity contribution < 1.29 is 9.59 Å². The number of nitrogens with one attached hydrogen (secondary N) is 1. The number of carbonyl (C=O) groups is 2. The number of hydrogen-bond acceptors (Lipinski definition) is 3. The number of amides is 2. The minimum Gasteiger partial charge on any atom is -0.339 e. The summed E-state index contributed by atoms with van der Waals surface area (Å²) < 4.78 is 0. The number of H-pyrrole nitrogens is 1. The van der Waals surface area contributed by atoms with Crippen molar-refractivity contribution >= 4 is 23.4 Å². The van der Waals surface area contributed by atoms with Gasteiger partial charge in [-0.15, -0.1) is 0 Å². The molecule has 1 N–H and O–H groups in total. The second-order valence-corrected chi connectivity index (χ2v) is 6.97. The van der Waals surface area contributed by atoms with Gasteiger partial charge in [-0.2, -0.15) is 0 Å². The number of hydrogen-bond donors (Lipinski definition) is 1. The highest BCUT2D eigenvalue weighted by Crippen LogP contribution is 2.32. The lowest BCUT2D eigenvalue weighted by Gasteiger charge is -2.47. The van der Waals surface area contributed by atoms with Gasteiger partial charge in [-0.1, -0.05) is 18.5 Å². The monoisotopic (exact) mass is 351 g/mol. The number of piperidine rings is 2. The van der Waals surface area contributed by atoms with Crippen molar-refractivity contribution in [3.05, 3.63) is 33.2 Å². The van der Waals surface area contributed by atoms with Crippen LogP contribution < -0.4 is 5.56 Å². The average molecular weight is 352 g/mol. The molecule has 2 atom stereocenters. The molecule has 1 aromatic heterocycles. The van der Waals surface area contributed by atoms with Crippen LogP contribution >= 0.6 is 11.6 Å². The summed E-state index contributed by atoms with van der Waals surface area (Å²) >= 11 is 5.82. The number of rotatable bonds is 3. The topological polar surface area (TPSA) is 73.5 Å². The molecule has 2 aliphatic rings. The number of fused-ring (bicyclic) bond motifs is 1. The first-order valence-corrected chi connectivity index (χ1v) is 8.86. The molecule has 2 amide bonds. The van der Waals surface area contributed by atoms with Crippen molar-refractivity contribution in [1.82, 2.24) is 14.8 Å². The molecule has 0 saturated carbocycles. The molecule has 0 aromatic carbocycles. The maximum Gasteiger partial charge on any atom is 0.266 e. The number of aromatic amines is 1. The predicted molar refractivity (Wildman–Crippen MR) is 91.1 cm³/mol. The Hall–Kier alpha value is -1.82. The molecule has 0 radical (unpaired) electrons. The molecule has 2 saturated heterocycles. The van der Waals surface area contributed by atoms with Gasteiger partial charge in [0.15, 0.2) is 0 Å². The zero-order valence-corrected chi connectivity index (χ0v) is 14.5. The Morgan fingerprint density at radius 1 is 1.38 bits per heavy atom. The van der Waals surface area contributed by atoms with Crippen molar-refractivity contribution in [2.75, 3.05) is 19.6 Å². The van der Waals surface area contributed by atoms with E-state index < -0.39 is 5.56 Å². The zero-order valence-electron chi connectivity index (χ0n) is 13.8. The Morgan fingerprint density at radius 3 is 2.88 bits per heavy atom. The third kappa shape index (κ3) is 3.20. The predicted octanol–water partition coefficient (Wildman–Crippen LogP) is 1.89.